The summed E-state index contributed by atoms with van der Waals surface area (Å²) in [4.78, 5) is 52.3. The number of ketones is 1. The first kappa shape index (κ1) is 33.4. The third-order valence-electron chi connectivity index (χ3n) is 6.92. The summed E-state index contributed by atoms with van der Waals surface area (Å²) < 4.78 is 10.5. The van der Waals surface area contributed by atoms with Crippen molar-refractivity contribution in [3.63, 3.8) is 0 Å². The molecule has 4 N–H and O–H groups in total. The van der Waals surface area contributed by atoms with Gasteiger partial charge in [-0.1, -0.05) is 58.0 Å². The summed E-state index contributed by atoms with van der Waals surface area (Å²) in [5.41, 5.74) is 0.0924. The van der Waals surface area contributed by atoms with E-state index < -0.39 is 47.6 Å². The average molecular weight is 562 g/mol. The number of hydrogen-bond acceptors (Lipinski definition) is 7. The number of amides is 3. The number of nitrogens with one attached hydrogen (secondary N) is 3. The molecule has 3 amide bonds. The minimum absolute atomic E-state index is 0.0459. The van der Waals surface area contributed by atoms with Crippen LogP contribution in [0.15, 0.2) is 30.3 Å². The molecule has 0 radical (unpaired) electrons. The van der Waals surface area contributed by atoms with Crippen molar-refractivity contribution in [3.8, 4) is 0 Å². The smallest absolute Gasteiger partial charge is 0.249 e. The van der Waals surface area contributed by atoms with Gasteiger partial charge in [0, 0.05) is 7.11 Å². The summed E-state index contributed by atoms with van der Waals surface area (Å²) in [6.45, 7) is 9.77. The highest BCUT2D eigenvalue weighted by atomic mass is 16.6. The summed E-state index contributed by atoms with van der Waals surface area (Å²) in [5, 5.41) is 18.5. The van der Waals surface area contributed by atoms with E-state index in [2.05, 4.69) is 16.0 Å². The molecule has 0 aliphatic carbocycles. The molecule has 0 aromatic heterocycles. The predicted molar refractivity (Wildman–Crippen MR) is 151 cm³/mol. The van der Waals surface area contributed by atoms with Gasteiger partial charge >= 0.3 is 0 Å². The van der Waals surface area contributed by atoms with Crippen LogP contribution in [-0.4, -0.2) is 78.8 Å². The monoisotopic (exact) mass is 561 g/mol. The van der Waals surface area contributed by atoms with Crippen molar-refractivity contribution >= 4 is 23.5 Å². The van der Waals surface area contributed by atoms with E-state index in [4.69, 9.17) is 9.47 Å². The van der Waals surface area contributed by atoms with E-state index in [0.717, 1.165) is 12.0 Å². The van der Waals surface area contributed by atoms with Crippen molar-refractivity contribution in [1.82, 2.24) is 16.0 Å². The van der Waals surface area contributed by atoms with Crippen LogP contribution >= 0.6 is 0 Å². The highest BCUT2D eigenvalue weighted by Gasteiger charge is 2.50. The van der Waals surface area contributed by atoms with Crippen LogP contribution in [0.5, 0.6) is 0 Å². The molecule has 0 spiro atoms. The van der Waals surface area contributed by atoms with Gasteiger partial charge in [0.1, 0.15) is 23.8 Å². The maximum absolute atomic E-state index is 13.3. The second-order valence-corrected chi connectivity index (χ2v) is 11.7. The van der Waals surface area contributed by atoms with Crippen LogP contribution in [0.1, 0.15) is 65.9 Å². The summed E-state index contributed by atoms with van der Waals surface area (Å²) in [6, 6.07) is 6.69. The molecule has 10 heteroatoms. The number of rotatable bonds is 18. The van der Waals surface area contributed by atoms with Crippen molar-refractivity contribution in [2.24, 2.45) is 11.8 Å². The minimum Gasteiger partial charge on any atom is -0.383 e. The van der Waals surface area contributed by atoms with E-state index in [9.17, 15) is 24.3 Å². The van der Waals surface area contributed by atoms with Gasteiger partial charge in [-0.3, -0.25) is 19.2 Å². The molecule has 1 fully saturated rings. The number of carbonyl (C=O) groups is 4. The van der Waals surface area contributed by atoms with E-state index in [1.165, 1.54) is 7.11 Å². The number of hydrogen-bond donors (Lipinski definition) is 4. The zero-order valence-electron chi connectivity index (χ0n) is 24.7. The number of aliphatic hydroxyl groups excluding tert-OH is 1. The maximum Gasteiger partial charge on any atom is 0.249 e. The van der Waals surface area contributed by atoms with E-state index in [1.807, 2.05) is 58.0 Å². The van der Waals surface area contributed by atoms with E-state index in [-0.39, 0.29) is 24.7 Å². The van der Waals surface area contributed by atoms with Crippen LogP contribution < -0.4 is 16.0 Å². The molecule has 1 aromatic rings. The average Bonchev–Trinajstić information content (AvgIpc) is 3.66. The Morgan fingerprint density at radius 2 is 1.45 bits per heavy atom. The van der Waals surface area contributed by atoms with Crippen molar-refractivity contribution in [3.05, 3.63) is 35.9 Å². The highest BCUT2D eigenvalue weighted by molar-refractivity contribution is 5.98. The summed E-state index contributed by atoms with van der Waals surface area (Å²) >= 11 is 0. The normalized spacial score (nSPS) is 19.4. The van der Waals surface area contributed by atoms with Crippen LogP contribution in [-0.2, 0) is 35.1 Å². The molecule has 0 bridgehead atoms. The third-order valence-corrected chi connectivity index (χ3v) is 6.92. The van der Waals surface area contributed by atoms with Gasteiger partial charge in [0.25, 0.3) is 0 Å². The fourth-order valence-corrected chi connectivity index (χ4v) is 4.33. The van der Waals surface area contributed by atoms with Gasteiger partial charge in [0.15, 0.2) is 5.78 Å². The first-order valence-corrected chi connectivity index (χ1v) is 14.2. The largest absolute Gasteiger partial charge is 0.383 e. The van der Waals surface area contributed by atoms with Crippen LogP contribution in [0, 0.1) is 11.8 Å². The van der Waals surface area contributed by atoms with E-state index in [0.29, 0.717) is 31.8 Å². The van der Waals surface area contributed by atoms with Gasteiger partial charge in [-0.15, -0.1) is 0 Å². The van der Waals surface area contributed by atoms with E-state index >= 15 is 0 Å². The number of aliphatic hydroxyl groups is 1. The Morgan fingerprint density at radius 3 is 2.00 bits per heavy atom. The first-order valence-electron chi connectivity index (χ1n) is 14.2. The van der Waals surface area contributed by atoms with Gasteiger partial charge in [-0.05, 0) is 56.4 Å². The topological polar surface area (TPSA) is 146 Å². The Morgan fingerprint density at radius 1 is 0.875 bits per heavy atom. The standard InChI is InChI=1S/C30H47N3O7/c1-19(2)12-14-22(26(35)30(5)18-40-30)31-28(37)24(17-39-6)33-27(36)23(16-20(3)4)32-29(38)25(34)15-13-21-10-8-7-9-11-21/h7-11,19-20,22-25,34H,12-18H2,1-6H3,(H,31,37)(H,32,38)(H,33,36)/t22-,23?,24-,25-,30+/m0/s1. The number of aryl methyl sites for hydroxylation is 1. The molecule has 5 atom stereocenters. The molecule has 1 heterocycles. The lowest BCUT2D eigenvalue weighted by atomic mass is 9.94. The van der Waals surface area contributed by atoms with Gasteiger partial charge in [-0.2, -0.15) is 0 Å². The molecule has 0 saturated carbocycles. The van der Waals surface area contributed by atoms with Gasteiger partial charge in [0.05, 0.1) is 19.3 Å². The zero-order valence-corrected chi connectivity index (χ0v) is 24.7. The highest BCUT2D eigenvalue weighted by Crippen LogP contribution is 2.29. The molecular weight excluding hydrogens is 514 g/mol. The number of carbonyl (C=O) groups excluding carboxylic acids is 4. The number of epoxide rings is 1. The second-order valence-electron chi connectivity index (χ2n) is 11.7. The third kappa shape index (κ3) is 11.0. The Balaban J connectivity index is 2.05. The molecule has 1 aromatic carbocycles. The summed E-state index contributed by atoms with van der Waals surface area (Å²) in [7, 11) is 1.41. The lowest BCUT2D eigenvalue weighted by Crippen LogP contribution is -2.58. The Labute approximate surface area is 238 Å². The molecule has 1 saturated heterocycles. The summed E-state index contributed by atoms with van der Waals surface area (Å²) in [6.07, 6.45) is 0.891. The zero-order chi connectivity index (χ0) is 29.9. The van der Waals surface area contributed by atoms with Crippen LogP contribution in [0.2, 0.25) is 0 Å². The second kappa shape index (κ2) is 15.8. The number of Topliss-reactive ketones (excluding diaryl/α,β-unsaturated/α-hetero) is 1. The SMILES string of the molecule is COC[C@H](NC(=O)C(CC(C)C)NC(=O)[C@@H](O)CCc1ccccc1)C(=O)N[C@@H](CCC(C)C)C(=O)[C@@]1(C)CO1. The number of methoxy groups -OCH3 is 1. The fourth-order valence-electron chi connectivity index (χ4n) is 4.33. The van der Waals surface area contributed by atoms with Gasteiger partial charge in [0.2, 0.25) is 17.7 Å². The molecule has 2 rings (SSSR count). The molecule has 1 unspecified atom stereocenters. The molecular formula is C30H47N3O7. The Hall–Kier alpha value is -2.82. The lowest BCUT2D eigenvalue weighted by molar-refractivity contribution is -0.137. The fraction of sp³-hybridized carbons (Fsp3) is 0.667. The van der Waals surface area contributed by atoms with Crippen molar-refractivity contribution in [1.29, 1.82) is 0 Å². The quantitative estimate of drug-likeness (QED) is 0.200. The molecule has 224 valence electrons. The maximum atomic E-state index is 13.3. The molecule has 40 heavy (non-hydrogen) atoms. The Kier molecular flexibility index (Phi) is 13.2. The Bertz CT molecular complexity index is 979. The van der Waals surface area contributed by atoms with Crippen molar-refractivity contribution < 1.29 is 33.8 Å². The molecule has 1 aliphatic rings. The summed E-state index contributed by atoms with van der Waals surface area (Å²) in [5.74, 6) is -1.60. The van der Waals surface area contributed by atoms with Crippen molar-refractivity contribution in [2.75, 3.05) is 20.3 Å². The lowest BCUT2D eigenvalue weighted by Gasteiger charge is -2.26. The van der Waals surface area contributed by atoms with Crippen LogP contribution in [0.25, 0.3) is 0 Å². The minimum atomic E-state index is -1.29. The van der Waals surface area contributed by atoms with Crippen molar-refractivity contribution in [2.45, 2.75) is 96.6 Å². The first-order chi connectivity index (χ1) is 18.9. The molecule has 1 aliphatic heterocycles. The van der Waals surface area contributed by atoms with Gasteiger partial charge in [-0.25, -0.2) is 0 Å². The molecule has 10 nitrogen and oxygen atoms in total. The van der Waals surface area contributed by atoms with Gasteiger partial charge < -0.3 is 30.5 Å². The van der Waals surface area contributed by atoms with E-state index in [1.54, 1.807) is 6.92 Å². The predicted octanol–water partition coefficient (Wildman–Crippen LogP) is 1.92. The van der Waals surface area contributed by atoms with Crippen LogP contribution in [0.3, 0.4) is 0 Å². The number of ether oxygens (including phenoxy) is 2. The number of benzene rings is 1. The van der Waals surface area contributed by atoms with Crippen LogP contribution in [0.4, 0.5) is 0 Å².